The number of benzene rings is 2. The minimum Gasteiger partial charge on any atom is -0.322 e. The van der Waals surface area contributed by atoms with Gasteiger partial charge in [-0.3, -0.25) is 0 Å². The van der Waals surface area contributed by atoms with Crippen LogP contribution in [0.25, 0.3) is 17.0 Å². The van der Waals surface area contributed by atoms with Gasteiger partial charge in [0.2, 0.25) is 0 Å². The lowest BCUT2D eigenvalue weighted by atomic mass is 10.2. The summed E-state index contributed by atoms with van der Waals surface area (Å²) in [6.45, 7) is 0.878. The van der Waals surface area contributed by atoms with Gasteiger partial charge in [0.05, 0.1) is 10.9 Å². The van der Waals surface area contributed by atoms with E-state index in [2.05, 4.69) is 59.2 Å². The fourth-order valence-corrected chi connectivity index (χ4v) is 2.56. The van der Waals surface area contributed by atoms with E-state index in [1.165, 1.54) is 16.1 Å². The second-order valence-electron chi connectivity index (χ2n) is 4.55. The largest absolute Gasteiger partial charge is 0.322 e. The molecule has 0 saturated heterocycles. The molecule has 0 N–H and O–H groups in total. The van der Waals surface area contributed by atoms with Crippen molar-refractivity contribution in [3.63, 3.8) is 0 Å². The van der Waals surface area contributed by atoms with E-state index in [1.807, 2.05) is 6.07 Å². The molecule has 0 fully saturated rings. The average molecular weight is 232 g/mol. The van der Waals surface area contributed by atoms with Gasteiger partial charge in [-0.15, -0.1) is 0 Å². The molecule has 0 amide bonds. The second-order valence-corrected chi connectivity index (χ2v) is 4.55. The number of hydrogen-bond donors (Lipinski definition) is 0. The Hall–Kier alpha value is -2.35. The number of para-hydroxylation sites is 2. The van der Waals surface area contributed by atoms with Crippen LogP contribution in [0.4, 0.5) is 5.82 Å². The third-order valence-corrected chi connectivity index (χ3v) is 3.45. The predicted octanol–water partition coefficient (Wildman–Crippen LogP) is 2.39. The van der Waals surface area contributed by atoms with Crippen molar-refractivity contribution in [1.29, 1.82) is 0 Å². The van der Waals surface area contributed by atoms with Gasteiger partial charge >= 0.3 is 0 Å². The van der Waals surface area contributed by atoms with Gasteiger partial charge in [-0.25, -0.2) is 4.99 Å². The molecule has 1 aliphatic rings. The zero-order valence-electron chi connectivity index (χ0n) is 9.88. The first-order valence-corrected chi connectivity index (χ1v) is 6.14. The maximum atomic E-state index is 4.77. The molecule has 18 heavy (non-hydrogen) atoms. The Morgan fingerprint density at radius 1 is 0.944 bits per heavy atom. The van der Waals surface area contributed by atoms with Crippen molar-refractivity contribution < 1.29 is 0 Å². The highest BCUT2D eigenvalue weighted by Gasteiger charge is 2.08. The molecule has 1 aliphatic heterocycles. The van der Waals surface area contributed by atoms with E-state index in [4.69, 9.17) is 4.99 Å². The highest BCUT2D eigenvalue weighted by atomic mass is 15.1. The number of fused-ring (bicyclic) bond motifs is 4. The fourth-order valence-electron chi connectivity index (χ4n) is 2.56. The summed E-state index contributed by atoms with van der Waals surface area (Å²) in [5.41, 5.74) is 1.25. The Morgan fingerprint density at radius 2 is 1.78 bits per heavy atom. The van der Waals surface area contributed by atoms with Crippen molar-refractivity contribution in [1.82, 2.24) is 4.57 Å². The normalized spacial score (nSPS) is 13.1. The Kier molecular flexibility index (Phi) is 1.92. The fraction of sp³-hybridized carbons (Fsp3) is 0.0625. The molecule has 0 atom stereocenters. The van der Waals surface area contributed by atoms with E-state index in [0.29, 0.717) is 0 Å². The van der Waals surface area contributed by atoms with Crippen molar-refractivity contribution in [3.05, 3.63) is 65.2 Å². The average Bonchev–Trinajstić information content (AvgIpc) is 2.65. The van der Waals surface area contributed by atoms with Gasteiger partial charge in [0.1, 0.15) is 5.82 Å². The SMILES string of the molecule is C1=c2ccccc2=Nc2cc3ccccc3n2C1. The van der Waals surface area contributed by atoms with Gasteiger partial charge in [-0.1, -0.05) is 42.5 Å². The summed E-state index contributed by atoms with van der Waals surface area (Å²) in [4.78, 5) is 4.77. The lowest BCUT2D eigenvalue weighted by Gasteiger charge is -2.02. The molecule has 0 saturated carbocycles. The summed E-state index contributed by atoms with van der Waals surface area (Å²) in [7, 11) is 0. The maximum Gasteiger partial charge on any atom is 0.134 e. The standard InChI is InChI=1S/C16H12N2/c1-3-7-14-12(5-1)9-10-18-15-8-4-2-6-13(15)11-16(18)17-14/h1-9,11H,10H2. The summed E-state index contributed by atoms with van der Waals surface area (Å²) in [6, 6.07) is 18.9. The first kappa shape index (κ1) is 9.66. The van der Waals surface area contributed by atoms with Gasteiger partial charge in [-0.05, 0) is 23.4 Å². The topological polar surface area (TPSA) is 17.3 Å². The molecule has 2 heterocycles. The van der Waals surface area contributed by atoms with E-state index in [1.54, 1.807) is 0 Å². The van der Waals surface area contributed by atoms with Crippen LogP contribution in [-0.2, 0) is 6.54 Å². The van der Waals surface area contributed by atoms with Crippen molar-refractivity contribution in [2.45, 2.75) is 6.54 Å². The number of rotatable bonds is 0. The van der Waals surface area contributed by atoms with Crippen LogP contribution >= 0.6 is 0 Å². The Balaban J connectivity index is 2.11. The summed E-state index contributed by atoms with van der Waals surface area (Å²) in [5, 5.41) is 3.52. The molecule has 1 aromatic heterocycles. The van der Waals surface area contributed by atoms with Crippen LogP contribution in [0.5, 0.6) is 0 Å². The van der Waals surface area contributed by atoms with Crippen LogP contribution in [-0.4, -0.2) is 4.57 Å². The quantitative estimate of drug-likeness (QED) is 0.566. The van der Waals surface area contributed by atoms with Crippen LogP contribution in [0.2, 0.25) is 0 Å². The predicted molar refractivity (Wildman–Crippen MR) is 73.3 cm³/mol. The van der Waals surface area contributed by atoms with Gasteiger partial charge < -0.3 is 4.57 Å². The summed E-state index contributed by atoms with van der Waals surface area (Å²) < 4.78 is 2.26. The first-order valence-electron chi connectivity index (χ1n) is 6.14. The lowest BCUT2D eigenvalue weighted by Crippen LogP contribution is -2.22. The molecule has 0 radical (unpaired) electrons. The van der Waals surface area contributed by atoms with E-state index < -0.39 is 0 Å². The number of nitrogens with zero attached hydrogens (tertiary/aromatic N) is 2. The molecule has 4 rings (SSSR count). The van der Waals surface area contributed by atoms with Crippen molar-refractivity contribution in [3.8, 4) is 0 Å². The molecule has 2 nitrogen and oxygen atoms in total. The molecule has 86 valence electrons. The summed E-state index contributed by atoms with van der Waals surface area (Å²) in [5.74, 6) is 1.04. The lowest BCUT2D eigenvalue weighted by molar-refractivity contribution is 0.897. The van der Waals surface area contributed by atoms with Crippen LogP contribution in [0.15, 0.2) is 59.6 Å². The van der Waals surface area contributed by atoms with Gasteiger partial charge in [0.15, 0.2) is 0 Å². The minimum atomic E-state index is 0.878. The van der Waals surface area contributed by atoms with E-state index in [9.17, 15) is 0 Å². The highest BCUT2D eigenvalue weighted by molar-refractivity contribution is 5.84. The van der Waals surface area contributed by atoms with Crippen molar-refractivity contribution in [2.75, 3.05) is 0 Å². The second kappa shape index (κ2) is 3.57. The minimum absolute atomic E-state index is 0.878. The van der Waals surface area contributed by atoms with Gasteiger partial charge in [0.25, 0.3) is 0 Å². The van der Waals surface area contributed by atoms with Crippen molar-refractivity contribution in [2.24, 2.45) is 4.99 Å². The third-order valence-electron chi connectivity index (χ3n) is 3.45. The molecule has 2 aromatic carbocycles. The van der Waals surface area contributed by atoms with Gasteiger partial charge in [-0.2, -0.15) is 0 Å². The Labute approximate surface area is 105 Å². The molecule has 0 spiro atoms. The molecule has 0 unspecified atom stereocenters. The molecule has 2 heteroatoms. The van der Waals surface area contributed by atoms with Crippen molar-refractivity contribution >= 4 is 22.8 Å². The van der Waals surface area contributed by atoms with E-state index in [-0.39, 0.29) is 0 Å². The number of aromatic nitrogens is 1. The van der Waals surface area contributed by atoms with E-state index >= 15 is 0 Å². The third kappa shape index (κ3) is 1.32. The number of hydrogen-bond acceptors (Lipinski definition) is 1. The zero-order valence-corrected chi connectivity index (χ0v) is 9.88. The molecular formula is C16H12N2. The van der Waals surface area contributed by atoms with Crippen LogP contribution in [0.1, 0.15) is 0 Å². The summed E-state index contributed by atoms with van der Waals surface area (Å²) >= 11 is 0. The van der Waals surface area contributed by atoms with Gasteiger partial charge in [0, 0.05) is 11.9 Å². The molecule has 3 aromatic rings. The Morgan fingerprint density at radius 3 is 2.78 bits per heavy atom. The van der Waals surface area contributed by atoms with Crippen LogP contribution in [0.3, 0.4) is 0 Å². The zero-order chi connectivity index (χ0) is 11.9. The highest BCUT2D eigenvalue weighted by Crippen LogP contribution is 2.25. The maximum absolute atomic E-state index is 4.77. The van der Waals surface area contributed by atoms with Crippen LogP contribution in [0, 0.1) is 0 Å². The smallest absolute Gasteiger partial charge is 0.134 e. The first-order chi connectivity index (χ1) is 8.92. The molecular weight excluding hydrogens is 220 g/mol. The molecule has 0 bridgehead atoms. The van der Waals surface area contributed by atoms with Crippen LogP contribution < -0.4 is 10.6 Å². The monoisotopic (exact) mass is 232 g/mol. The Bertz CT molecular complexity index is 856. The summed E-state index contributed by atoms with van der Waals surface area (Å²) in [6.07, 6.45) is 2.24. The molecule has 0 aliphatic carbocycles. The van der Waals surface area contributed by atoms with E-state index in [0.717, 1.165) is 17.7 Å².